The normalized spacial score (nSPS) is 12.7. The lowest BCUT2D eigenvalue weighted by Gasteiger charge is -2.13. The van der Waals surface area contributed by atoms with E-state index in [1.807, 2.05) is 0 Å². The van der Waals surface area contributed by atoms with Gasteiger partial charge in [0.1, 0.15) is 0 Å². The molecular formula is C16H20F3NO3. The lowest BCUT2D eigenvalue weighted by atomic mass is 9.99. The highest BCUT2D eigenvalue weighted by Crippen LogP contribution is 2.29. The van der Waals surface area contributed by atoms with Crippen LogP contribution < -0.4 is 5.32 Å². The summed E-state index contributed by atoms with van der Waals surface area (Å²) in [5.41, 5.74) is -0.0525. The molecule has 1 atom stereocenters. The summed E-state index contributed by atoms with van der Waals surface area (Å²) in [7, 11) is 0. The maximum Gasteiger partial charge on any atom is 0.416 e. The lowest BCUT2D eigenvalue weighted by molar-refractivity contribution is -0.138. The van der Waals surface area contributed by atoms with Gasteiger partial charge in [-0.3, -0.25) is 9.59 Å². The number of hydrogen-bond donors (Lipinski definition) is 2. The maximum atomic E-state index is 12.5. The Morgan fingerprint density at radius 2 is 1.78 bits per heavy atom. The van der Waals surface area contributed by atoms with Gasteiger partial charge in [0.2, 0.25) is 5.91 Å². The van der Waals surface area contributed by atoms with E-state index in [0.717, 1.165) is 12.1 Å². The first-order valence-electron chi connectivity index (χ1n) is 7.36. The SMILES string of the molecule is CC(Cc1ccc(C(F)(F)F)cc1)C(=O)NCCCCC(=O)O. The third-order valence-corrected chi connectivity index (χ3v) is 3.39. The van der Waals surface area contributed by atoms with Gasteiger partial charge in [-0.05, 0) is 37.0 Å². The second kappa shape index (κ2) is 8.55. The first kappa shape index (κ1) is 19.0. The minimum atomic E-state index is -4.36. The number of aliphatic carboxylic acids is 1. The van der Waals surface area contributed by atoms with Crippen molar-refractivity contribution in [3.8, 4) is 0 Å². The Morgan fingerprint density at radius 3 is 2.30 bits per heavy atom. The minimum absolute atomic E-state index is 0.0664. The van der Waals surface area contributed by atoms with Crippen molar-refractivity contribution < 1.29 is 27.9 Å². The molecule has 0 bridgehead atoms. The van der Waals surface area contributed by atoms with Gasteiger partial charge in [-0.2, -0.15) is 13.2 Å². The van der Waals surface area contributed by atoms with Gasteiger partial charge in [-0.1, -0.05) is 19.1 Å². The Hall–Kier alpha value is -2.05. The zero-order valence-electron chi connectivity index (χ0n) is 12.8. The zero-order chi connectivity index (χ0) is 17.5. The summed E-state index contributed by atoms with van der Waals surface area (Å²) in [4.78, 5) is 22.2. The topological polar surface area (TPSA) is 66.4 Å². The van der Waals surface area contributed by atoms with Crippen molar-refractivity contribution in [1.82, 2.24) is 5.32 Å². The molecule has 0 aliphatic carbocycles. The van der Waals surface area contributed by atoms with Gasteiger partial charge < -0.3 is 10.4 Å². The average molecular weight is 331 g/mol. The predicted molar refractivity (Wildman–Crippen MR) is 78.8 cm³/mol. The molecule has 0 radical (unpaired) electrons. The molecule has 0 aliphatic rings. The highest BCUT2D eigenvalue weighted by Gasteiger charge is 2.30. The van der Waals surface area contributed by atoms with Crippen LogP contribution >= 0.6 is 0 Å². The van der Waals surface area contributed by atoms with Crippen LogP contribution in [0.4, 0.5) is 13.2 Å². The molecule has 0 fully saturated rings. The fourth-order valence-corrected chi connectivity index (χ4v) is 2.06. The Labute approximate surface area is 132 Å². The number of carbonyl (C=O) groups excluding carboxylic acids is 1. The van der Waals surface area contributed by atoms with Gasteiger partial charge >= 0.3 is 12.1 Å². The largest absolute Gasteiger partial charge is 0.481 e. The van der Waals surface area contributed by atoms with Crippen molar-refractivity contribution in [2.24, 2.45) is 5.92 Å². The minimum Gasteiger partial charge on any atom is -0.481 e. The monoisotopic (exact) mass is 331 g/mol. The molecule has 0 heterocycles. The van der Waals surface area contributed by atoms with E-state index in [4.69, 9.17) is 5.11 Å². The van der Waals surface area contributed by atoms with Crippen LogP contribution in [-0.2, 0) is 22.2 Å². The van der Waals surface area contributed by atoms with E-state index in [2.05, 4.69) is 5.32 Å². The summed E-state index contributed by atoms with van der Waals surface area (Å²) in [6, 6.07) is 4.76. The van der Waals surface area contributed by atoms with Crippen LogP contribution in [-0.4, -0.2) is 23.5 Å². The Morgan fingerprint density at radius 1 is 1.17 bits per heavy atom. The molecule has 1 rings (SSSR count). The fourth-order valence-electron chi connectivity index (χ4n) is 2.06. The van der Waals surface area contributed by atoms with Gasteiger partial charge in [0.25, 0.3) is 0 Å². The van der Waals surface area contributed by atoms with E-state index >= 15 is 0 Å². The number of hydrogen-bond acceptors (Lipinski definition) is 2. The van der Waals surface area contributed by atoms with E-state index in [1.54, 1.807) is 6.92 Å². The average Bonchev–Trinajstić information content (AvgIpc) is 2.46. The molecule has 1 unspecified atom stereocenters. The Bertz CT molecular complexity index is 526. The number of benzene rings is 1. The van der Waals surface area contributed by atoms with Crippen LogP contribution in [0.3, 0.4) is 0 Å². The smallest absolute Gasteiger partial charge is 0.416 e. The van der Waals surface area contributed by atoms with Crippen molar-refractivity contribution >= 4 is 11.9 Å². The van der Waals surface area contributed by atoms with Gasteiger partial charge in [0.05, 0.1) is 5.56 Å². The molecule has 0 aromatic heterocycles. The molecule has 128 valence electrons. The van der Waals surface area contributed by atoms with Crippen LogP contribution in [0.5, 0.6) is 0 Å². The molecule has 0 spiro atoms. The number of halogens is 3. The number of alkyl halides is 3. The summed E-state index contributed by atoms with van der Waals surface area (Å²) >= 11 is 0. The Balaban J connectivity index is 2.38. The summed E-state index contributed by atoms with van der Waals surface area (Å²) in [6.07, 6.45) is -2.89. The highest BCUT2D eigenvalue weighted by molar-refractivity contribution is 5.78. The van der Waals surface area contributed by atoms with Crippen molar-refractivity contribution in [2.75, 3.05) is 6.54 Å². The maximum absolute atomic E-state index is 12.5. The second-order valence-electron chi connectivity index (χ2n) is 5.44. The summed E-state index contributed by atoms with van der Waals surface area (Å²) in [5, 5.41) is 11.2. The molecule has 0 saturated carbocycles. The van der Waals surface area contributed by atoms with Crippen molar-refractivity contribution in [1.29, 1.82) is 0 Å². The lowest BCUT2D eigenvalue weighted by Crippen LogP contribution is -2.31. The van der Waals surface area contributed by atoms with E-state index in [1.165, 1.54) is 12.1 Å². The van der Waals surface area contributed by atoms with Crippen LogP contribution in [0, 0.1) is 5.92 Å². The highest BCUT2D eigenvalue weighted by atomic mass is 19.4. The molecule has 4 nitrogen and oxygen atoms in total. The second-order valence-corrected chi connectivity index (χ2v) is 5.44. The summed E-state index contributed by atoms with van der Waals surface area (Å²) in [5.74, 6) is -1.43. The number of carboxylic acid groups (broad SMARTS) is 1. The fraction of sp³-hybridized carbons (Fsp3) is 0.500. The van der Waals surface area contributed by atoms with E-state index in [-0.39, 0.29) is 18.2 Å². The molecule has 1 amide bonds. The molecular weight excluding hydrogens is 311 g/mol. The van der Waals surface area contributed by atoms with Gasteiger partial charge in [0.15, 0.2) is 0 Å². The number of unbranched alkanes of at least 4 members (excludes halogenated alkanes) is 1. The van der Waals surface area contributed by atoms with E-state index in [0.29, 0.717) is 31.4 Å². The quantitative estimate of drug-likeness (QED) is 0.719. The van der Waals surface area contributed by atoms with Crippen molar-refractivity contribution in [3.05, 3.63) is 35.4 Å². The third kappa shape index (κ3) is 7.17. The first-order valence-corrected chi connectivity index (χ1v) is 7.36. The number of nitrogens with one attached hydrogen (secondary N) is 1. The number of carboxylic acids is 1. The van der Waals surface area contributed by atoms with E-state index in [9.17, 15) is 22.8 Å². The number of amides is 1. The van der Waals surface area contributed by atoms with Gasteiger partial charge in [0, 0.05) is 18.9 Å². The number of carbonyl (C=O) groups is 2. The molecule has 23 heavy (non-hydrogen) atoms. The summed E-state index contributed by atoms with van der Waals surface area (Å²) in [6.45, 7) is 2.09. The van der Waals surface area contributed by atoms with Crippen LogP contribution in [0.2, 0.25) is 0 Å². The molecule has 7 heteroatoms. The van der Waals surface area contributed by atoms with Crippen LogP contribution in [0.1, 0.15) is 37.3 Å². The molecule has 2 N–H and O–H groups in total. The zero-order valence-corrected chi connectivity index (χ0v) is 12.8. The predicted octanol–water partition coefficient (Wildman–Crippen LogP) is 3.26. The van der Waals surface area contributed by atoms with Crippen molar-refractivity contribution in [2.45, 2.75) is 38.8 Å². The van der Waals surface area contributed by atoms with Gasteiger partial charge in [-0.15, -0.1) is 0 Å². The number of rotatable bonds is 8. The molecule has 1 aromatic rings. The van der Waals surface area contributed by atoms with E-state index < -0.39 is 17.7 Å². The van der Waals surface area contributed by atoms with Crippen LogP contribution in [0.15, 0.2) is 24.3 Å². The molecule has 0 saturated heterocycles. The first-order chi connectivity index (χ1) is 10.7. The summed E-state index contributed by atoms with van der Waals surface area (Å²) < 4.78 is 37.4. The van der Waals surface area contributed by atoms with Crippen LogP contribution in [0.25, 0.3) is 0 Å². The van der Waals surface area contributed by atoms with Gasteiger partial charge in [-0.25, -0.2) is 0 Å². The van der Waals surface area contributed by atoms with Crippen molar-refractivity contribution in [3.63, 3.8) is 0 Å². The third-order valence-electron chi connectivity index (χ3n) is 3.39. The molecule has 0 aliphatic heterocycles. The standard InChI is InChI=1S/C16H20F3NO3/c1-11(15(23)20-9-3-2-4-14(21)22)10-12-5-7-13(8-6-12)16(17,18)19/h5-8,11H,2-4,9-10H2,1H3,(H,20,23)(H,21,22). The molecule has 1 aromatic carbocycles. The Kier molecular flexibility index (Phi) is 7.06.